The van der Waals surface area contributed by atoms with E-state index in [0.717, 1.165) is 31.3 Å². The van der Waals surface area contributed by atoms with E-state index in [1.54, 1.807) is 6.92 Å². The molecule has 0 spiro atoms. The topological polar surface area (TPSA) is 40.9 Å². The predicted octanol–water partition coefficient (Wildman–Crippen LogP) is 5.63. The van der Waals surface area contributed by atoms with Crippen molar-refractivity contribution >= 4 is 5.78 Å². The summed E-state index contributed by atoms with van der Waals surface area (Å²) in [5, 5.41) is 8.93. The summed E-state index contributed by atoms with van der Waals surface area (Å²) < 4.78 is 0. The maximum atomic E-state index is 12.3. The van der Waals surface area contributed by atoms with Crippen molar-refractivity contribution < 1.29 is 4.79 Å². The lowest BCUT2D eigenvalue weighted by Crippen LogP contribution is -2.16. The minimum absolute atomic E-state index is 0.177. The number of hydrogen-bond acceptors (Lipinski definition) is 2. The molecule has 0 heterocycles. The van der Waals surface area contributed by atoms with E-state index in [9.17, 15) is 4.79 Å². The number of nitriles is 1. The molecule has 0 saturated heterocycles. The molecular formula is C22H29NO. The first-order valence-corrected chi connectivity index (χ1v) is 8.69. The van der Waals surface area contributed by atoms with Crippen LogP contribution in [0.3, 0.4) is 0 Å². The van der Waals surface area contributed by atoms with Crippen LogP contribution in [0.4, 0.5) is 0 Å². The second kappa shape index (κ2) is 9.88. The summed E-state index contributed by atoms with van der Waals surface area (Å²) in [6.07, 6.45) is 5.51. The van der Waals surface area contributed by atoms with Crippen molar-refractivity contribution in [3.05, 3.63) is 59.2 Å². The third-order valence-corrected chi connectivity index (χ3v) is 4.25. The maximum absolute atomic E-state index is 12.3. The molecule has 0 N–H and O–H groups in total. The summed E-state index contributed by atoms with van der Waals surface area (Å²) >= 11 is 0. The monoisotopic (exact) mass is 323 g/mol. The van der Waals surface area contributed by atoms with Gasteiger partial charge in [-0.1, -0.05) is 37.6 Å². The fourth-order valence-electron chi connectivity index (χ4n) is 3.33. The summed E-state index contributed by atoms with van der Waals surface area (Å²) in [6, 6.07) is 9.83. The van der Waals surface area contributed by atoms with Crippen LogP contribution < -0.4 is 0 Å². The van der Waals surface area contributed by atoms with Crippen molar-refractivity contribution in [2.75, 3.05) is 0 Å². The van der Waals surface area contributed by atoms with E-state index in [1.165, 1.54) is 11.1 Å². The molecule has 1 atom stereocenters. The molecule has 0 amide bonds. The van der Waals surface area contributed by atoms with E-state index in [4.69, 9.17) is 5.26 Å². The molecule has 1 aromatic rings. The zero-order chi connectivity index (χ0) is 18.1. The van der Waals surface area contributed by atoms with E-state index in [1.807, 2.05) is 30.3 Å². The molecular weight excluding hydrogens is 294 g/mol. The van der Waals surface area contributed by atoms with Gasteiger partial charge in [-0.15, -0.1) is 6.58 Å². The fraction of sp³-hybridized carbons (Fsp3) is 0.455. The number of ketones is 1. The number of rotatable bonds is 9. The van der Waals surface area contributed by atoms with E-state index < -0.39 is 0 Å². The lowest BCUT2D eigenvalue weighted by molar-refractivity contribution is -0.114. The second-order valence-electron chi connectivity index (χ2n) is 6.92. The first-order chi connectivity index (χ1) is 11.4. The van der Waals surface area contributed by atoms with Crippen LogP contribution >= 0.6 is 0 Å². The molecule has 2 nitrogen and oxygen atoms in total. The average Bonchev–Trinajstić information content (AvgIpc) is 2.52. The predicted molar refractivity (Wildman–Crippen MR) is 101 cm³/mol. The zero-order valence-corrected chi connectivity index (χ0v) is 15.4. The highest BCUT2D eigenvalue weighted by atomic mass is 16.1. The third-order valence-electron chi connectivity index (χ3n) is 4.25. The van der Waals surface area contributed by atoms with Crippen LogP contribution in [0, 0.1) is 23.2 Å². The lowest BCUT2D eigenvalue weighted by atomic mass is 9.82. The van der Waals surface area contributed by atoms with Crippen molar-refractivity contribution in [2.24, 2.45) is 11.8 Å². The smallest absolute Gasteiger partial charge is 0.156 e. The summed E-state index contributed by atoms with van der Waals surface area (Å²) in [4.78, 5) is 12.3. The lowest BCUT2D eigenvalue weighted by Gasteiger charge is -2.22. The highest BCUT2D eigenvalue weighted by molar-refractivity contribution is 5.94. The second-order valence-corrected chi connectivity index (χ2v) is 6.92. The quantitative estimate of drug-likeness (QED) is 0.436. The van der Waals surface area contributed by atoms with Gasteiger partial charge in [0.05, 0.1) is 11.6 Å². The largest absolute Gasteiger partial charge is 0.295 e. The Hall–Kier alpha value is -2.14. The number of hydrogen-bond donors (Lipinski definition) is 0. The van der Waals surface area contributed by atoms with Gasteiger partial charge >= 0.3 is 0 Å². The Bertz CT molecular complexity index is 629. The summed E-state index contributed by atoms with van der Waals surface area (Å²) in [6.45, 7) is 12.0. The first-order valence-electron chi connectivity index (χ1n) is 8.69. The van der Waals surface area contributed by atoms with Crippen LogP contribution in [0.2, 0.25) is 0 Å². The Kier molecular flexibility index (Phi) is 8.19. The maximum Gasteiger partial charge on any atom is 0.156 e. The van der Waals surface area contributed by atoms with Gasteiger partial charge in [-0.05, 0) is 74.6 Å². The van der Waals surface area contributed by atoms with Gasteiger partial charge in [0.1, 0.15) is 0 Å². The van der Waals surface area contributed by atoms with Crippen molar-refractivity contribution in [3.8, 4) is 6.07 Å². The molecule has 1 aromatic carbocycles. The minimum Gasteiger partial charge on any atom is -0.295 e. The summed E-state index contributed by atoms with van der Waals surface area (Å²) in [5.41, 5.74) is 4.02. The minimum atomic E-state index is 0.177. The molecule has 0 aliphatic rings. The van der Waals surface area contributed by atoms with Crippen molar-refractivity contribution in [2.45, 2.75) is 53.4 Å². The van der Waals surface area contributed by atoms with Gasteiger partial charge in [0, 0.05) is 0 Å². The average molecular weight is 323 g/mol. The molecule has 0 fully saturated rings. The normalized spacial score (nSPS) is 13.2. The van der Waals surface area contributed by atoms with Crippen LogP contribution in [0.1, 0.15) is 58.1 Å². The van der Waals surface area contributed by atoms with Gasteiger partial charge in [0.15, 0.2) is 5.78 Å². The molecule has 0 aliphatic heterocycles. The molecule has 0 bridgehead atoms. The highest BCUT2D eigenvalue weighted by Crippen LogP contribution is 2.28. The van der Waals surface area contributed by atoms with Crippen LogP contribution in [0.25, 0.3) is 0 Å². The molecule has 24 heavy (non-hydrogen) atoms. The fourth-order valence-corrected chi connectivity index (χ4v) is 3.33. The molecule has 2 heteroatoms. The standard InChI is InChI=1S/C22H29NO/c1-6-7-8-21(14-19-9-11-20(15-23)12-10-19)22(18(5)24)17(4)13-16(2)3/h6,9-12,16,21H,1,7-8,13-14H2,2-5H3/b22-17+. The molecule has 0 radical (unpaired) electrons. The van der Waals surface area contributed by atoms with Crippen molar-refractivity contribution in [1.82, 2.24) is 0 Å². The van der Waals surface area contributed by atoms with Crippen molar-refractivity contribution in [3.63, 3.8) is 0 Å². The number of carbonyl (C=O) groups is 1. The van der Waals surface area contributed by atoms with Crippen LogP contribution in [-0.2, 0) is 11.2 Å². The summed E-state index contributed by atoms with van der Waals surface area (Å²) in [7, 11) is 0. The van der Waals surface area contributed by atoms with Crippen LogP contribution in [0.15, 0.2) is 48.1 Å². The number of allylic oxidation sites excluding steroid dienone is 3. The number of benzene rings is 1. The Labute approximate surface area is 146 Å². The molecule has 0 aliphatic carbocycles. The number of Topliss-reactive ketones (excluding diaryl/α,β-unsaturated/α-hetero) is 1. The van der Waals surface area contributed by atoms with E-state index in [2.05, 4.69) is 33.4 Å². The van der Waals surface area contributed by atoms with Gasteiger partial charge in [0.25, 0.3) is 0 Å². The third kappa shape index (κ3) is 6.16. The molecule has 128 valence electrons. The van der Waals surface area contributed by atoms with Crippen LogP contribution in [-0.4, -0.2) is 5.78 Å². The Morgan fingerprint density at radius 2 is 1.88 bits per heavy atom. The highest BCUT2D eigenvalue weighted by Gasteiger charge is 2.21. The molecule has 0 aromatic heterocycles. The number of carbonyl (C=O) groups excluding carboxylic acids is 1. The Morgan fingerprint density at radius 1 is 1.25 bits per heavy atom. The van der Waals surface area contributed by atoms with E-state index in [-0.39, 0.29) is 11.7 Å². The first kappa shape index (κ1) is 19.9. The molecule has 1 unspecified atom stereocenters. The van der Waals surface area contributed by atoms with Gasteiger partial charge < -0.3 is 0 Å². The number of nitrogens with zero attached hydrogens (tertiary/aromatic N) is 1. The van der Waals surface area contributed by atoms with Gasteiger partial charge in [0.2, 0.25) is 0 Å². The Balaban J connectivity index is 3.13. The Morgan fingerprint density at radius 3 is 2.33 bits per heavy atom. The zero-order valence-electron chi connectivity index (χ0n) is 15.4. The van der Waals surface area contributed by atoms with Crippen molar-refractivity contribution in [1.29, 1.82) is 5.26 Å². The van der Waals surface area contributed by atoms with Gasteiger partial charge in [-0.25, -0.2) is 0 Å². The SMILES string of the molecule is C=CCCC(Cc1ccc(C#N)cc1)/C(C(C)=O)=C(\C)CC(C)C. The van der Waals surface area contributed by atoms with E-state index in [0.29, 0.717) is 11.5 Å². The van der Waals surface area contributed by atoms with Gasteiger partial charge in [-0.2, -0.15) is 5.26 Å². The van der Waals surface area contributed by atoms with Crippen LogP contribution in [0.5, 0.6) is 0 Å². The van der Waals surface area contributed by atoms with Gasteiger partial charge in [-0.3, -0.25) is 4.79 Å². The molecule has 0 saturated carbocycles. The summed E-state index contributed by atoms with van der Waals surface area (Å²) in [5.74, 6) is 0.914. The molecule has 1 rings (SSSR count). The van der Waals surface area contributed by atoms with E-state index >= 15 is 0 Å².